The molecule has 0 heterocycles. The van der Waals surface area contributed by atoms with Gasteiger partial charge in [0.2, 0.25) is 5.91 Å². The molecule has 0 aliphatic rings. The van der Waals surface area contributed by atoms with Crippen LogP contribution in [0.25, 0.3) is 0 Å². The molecule has 0 bridgehead atoms. The van der Waals surface area contributed by atoms with Crippen molar-refractivity contribution in [2.24, 2.45) is 0 Å². The summed E-state index contributed by atoms with van der Waals surface area (Å²) in [5, 5.41) is 2.96. The van der Waals surface area contributed by atoms with Crippen LogP contribution in [-0.2, 0) is 4.79 Å². The standard InChI is InChI=1S/C13H23NO/c1-4-7-8-9-11-13(15)14-12(6-3)10-5-2/h2,12H,4,6-11H2,1,3H3,(H,14,15). The maximum Gasteiger partial charge on any atom is 0.220 e. The van der Waals surface area contributed by atoms with Crippen molar-refractivity contribution in [2.45, 2.75) is 64.8 Å². The summed E-state index contributed by atoms with van der Waals surface area (Å²) >= 11 is 0. The van der Waals surface area contributed by atoms with E-state index in [1.54, 1.807) is 0 Å². The fourth-order valence-corrected chi connectivity index (χ4v) is 1.45. The molecular formula is C13H23NO. The molecule has 0 rings (SSSR count). The highest BCUT2D eigenvalue weighted by molar-refractivity contribution is 5.76. The van der Waals surface area contributed by atoms with Crippen molar-refractivity contribution < 1.29 is 4.79 Å². The summed E-state index contributed by atoms with van der Waals surface area (Å²) < 4.78 is 0. The SMILES string of the molecule is C#CCC(CC)NC(=O)CCCCCC. The third-order valence-electron chi connectivity index (χ3n) is 2.48. The van der Waals surface area contributed by atoms with E-state index in [-0.39, 0.29) is 11.9 Å². The zero-order valence-corrected chi connectivity index (χ0v) is 10.0. The lowest BCUT2D eigenvalue weighted by Crippen LogP contribution is -2.33. The van der Waals surface area contributed by atoms with Gasteiger partial charge >= 0.3 is 0 Å². The Morgan fingerprint density at radius 2 is 2.07 bits per heavy atom. The van der Waals surface area contributed by atoms with Crippen LogP contribution in [0.4, 0.5) is 0 Å². The number of amides is 1. The molecule has 15 heavy (non-hydrogen) atoms. The van der Waals surface area contributed by atoms with Gasteiger partial charge in [-0.15, -0.1) is 12.3 Å². The van der Waals surface area contributed by atoms with E-state index in [1.165, 1.54) is 12.8 Å². The second kappa shape index (κ2) is 9.58. The molecule has 0 spiro atoms. The van der Waals surface area contributed by atoms with Gasteiger partial charge in [-0.05, 0) is 12.8 Å². The van der Waals surface area contributed by atoms with E-state index in [0.717, 1.165) is 19.3 Å². The number of carbonyl (C=O) groups is 1. The Hall–Kier alpha value is -0.970. The topological polar surface area (TPSA) is 29.1 Å². The molecule has 0 saturated carbocycles. The number of unbranched alkanes of at least 4 members (excludes halogenated alkanes) is 3. The molecule has 1 amide bonds. The Bertz CT molecular complexity index is 205. The van der Waals surface area contributed by atoms with Gasteiger partial charge in [0, 0.05) is 18.9 Å². The van der Waals surface area contributed by atoms with Crippen molar-refractivity contribution in [2.75, 3.05) is 0 Å². The van der Waals surface area contributed by atoms with E-state index in [1.807, 2.05) is 6.92 Å². The molecule has 0 saturated heterocycles. The Balaban J connectivity index is 3.58. The van der Waals surface area contributed by atoms with E-state index in [0.29, 0.717) is 12.8 Å². The van der Waals surface area contributed by atoms with Crippen molar-refractivity contribution in [1.29, 1.82) is 0 Å². The first-order valence-corrected chi connectivity index (χ1v) is 5.97. The van der Waals surface area contributed by atoms with Gasteiger partial charge in [0.05, 0.1) is 0 Å². The Morgan fingerprint density at radius 3 is 2.60 bits per heavy atom. The molecule has 86 valence electrons. The number of terminal acetylenes is 1. The normalized spacial score (nSPS) is 11.8. The summed E-state index contributed by atoms with van der Waals surface area (Å²) in [4.78, 5) is 11.5. The number of rotatable bonds is 8. The van der Waals surface area contributed by atoms with Gasteiger partial charge in [0.1, 0.15) is 0 Å². The lowest BCUT2D eigenvalue weighted by molar-refractivity contribution is -0.121. The molecule has 0 aromatic rings. The van der Waals surface area contributed by atoms with Crippen LogP contribution in [0.3, 0.4) is 0 Å². The van der Waals surface area contributed by atoms with E-state index in [9.17, 15) is 4.79 Å². The molecule has 0 aliphatic heterocycles. The van der Waals surface area contributed by atoms with Crippen LogP contribution in [0.15, 0.2) is 0 Å². The summed E-state index contributed by atoms with van der Waals surface area (Å²) in [7, 11) is 0. The van der Waals surface area contributed by atoms with E-state index in [4.69, 9.17) is 6.42 Å². The zero-order chi connectivity index (χ0) is 11.5. The van der Waals surface area contributed by atoms with Gasteiger partial charge in [-0.3, -0.25) is 4.79 Å². The van der Waals surface area contributed by atoms with E-state index < -0.39 is 0 Å². The molecule has 0 aromatic carbocycles. The summed E-state index contributed by atoms with van der Waals surface area (Å²) in [5.41, 5.74) is 0. The largest absolute Gasteiger partial charge is 0.352 e. The smallest absolute Gasteiger partial charge is 0.220 e. The van der Waals surface area contributed by atoms with Crippen LogP contribution in [0, 0.1) is 12.3 Å². The summed E-state index contributed by atoms with van der Waals surface area (Å²) in [6, 6.07) is 0.161. The van der Waals surface area contributed by atoms with Crippen LogP contribution in [0.1, 0.15) is 58.8 Å². The van der Waals surface area contributed by atoms with Gasteiger partial charge in [-0.1, -0.05) is 33.1 Å². The minimum absolute atomic E-state index is 0.146. The first kappa shape index (κ1) is 14.0. The molecule has 0 fully saturated rings. The Morgan fingerprint density at radius 1 is 1.33 bits per heavy atom. The average molecular weight is 209 g/mol. The van der Waals surface area contributed by atoms with Crippen molar-refractivity contribution >= 4 is 5.91 Å². The van der Waals surface area contributed by atoms with Crippen molar-refractivity contribution in [3.05, 3.63) is 0 Å². The average Bonchev–Trinajstić information content (AvgIpc) is 2.24. The lowest BCUT2D eigenvalue weighted by Gasteiger charge is -2.13. The van der Waals surface area contributed by atoms with Gasteiger partial charge in [0.25, 0.3) is 0 Å². The minimum atomic E-state index is 0.146. The summed E-state index contributed by atoms with van der Waals surface area (Å²) in [5.74, 6) is 2.73. The first-order chi connectivity index (χ1) is 7.24. The van der Waals surface area contributed by atoms with Crippen LogP contribution in [0.5, 0.6) is 0 Å². The lowest BCUT2D eigenvalue weighted by atomic mass is 10.1. The second-order valence-electron chi connectivity index (χ2n) is 3.89. The zero-order valence-electron chi connectivity index (χ0n) is 10.0. The number of nitrogens with one attached hydrogen (secondary N) is 1. The fraction of sp³-hybridized carbons (Fsp3) is 0.769. The predicted molar refractivity (Wildman–Crippen MR) is 64.4 cm³/mol. The van der Waals surface area contributed by atoms with Gasteiger partial charge in [0.15, 0.2) is 0 Å². The maximum absolute atomic E-state index is 11.5. The van der Waals surface area contributed by atoms with Crippen LogP contribution in [-0.4, -0.2) is 11.9 Å². The molecule has 0 aromatic heterocycles. The van der Waals surface area contributed by atoms with Gasteiger partial charge in [-0.2, -0.15) is 0 Å². The van der Waals surface area contributed by atoms with Crippen molar-refractivity contribution in [3.63, 3.8) is 0 Å². The van der Waals surface area contributed by atoms with E-state index in [2.05, 4.69) is 18.2 Å². The van der Waals surface area contributed by atoms with Gasteiger partial charge in [-0.25, -0.2) is 0 Å². The summed E-state index contributed by atoms with van der Waals surface area (Å²) in [6.07, 6.45) is 12.0. The maximum atomic E-state index is 11.5. The third-order valence-corrected chi connectivity index (χ3v) is 2.48. The van der Waals surface area contributed by atoms with Crippen LogP contribution in [0.2, 0.25) is 0 Å². The summed E-state index contributed by atoms with van der Waals surface area (Å²) in [6.45, 7) is 4.21. The highest BCUT2D eigenvalue weighted by Crippen LogP contribution is 2.03. The minimum Gasteiger partial charge on any atom is -0.352 e. The molecule has 0 radical (unpaired) electrons. The molecule has 1 N–H and O–H groups in total. The highest BCUT2D eigenvalue weighted by atomic mass is 16.1. The monoisotopic (exact) mass is 209 g/mol. The van der Waals surface area contributed by atoms with Crippen molar-refractivity contribution in [3.8, 4) is 12.3 Å². The van der Waals surface area contributed by atoms with Crippen LogP contribution >= 0.6 is 0 Å². The highest BCUT2D eigenvalue weighted by Gasteiger charge is 2.08. The fourth-order valence-electron chi connectivity index (χ4n) is 1.45. The molecule has 0 aliphatic carbocycles. The number of carbonyl (C=O) groups excluding carboxylic acids is 1. The van der Waals surface area contributed by atoms with Crippen molar-refractivity contribution in [1.82, 2.24) is 5.32 Å². The molecule has 1 atom stereocenters. The second-order valence-corrected chi connectivity index (χ2v) is 3.89. The molecular weight excluding hydrogens is 186 g/mol. The Kier molecular flexibility index (Phi) is 8.96. The predicted octanol–water partition coefficient (Wildman–Crippen LogP) is 2.87. The first-order valence-electron chi connectivity index (χ1n) is 5.97. The Labute approximate surface area is 93.8 Å². The molecule has 2 heteroatoms. The molecule has 2 nitrogen and oxygen atoms in total. The van der Waals surface area contributed by atoms with Crippen LogP contribution < -0.4 is 5.32 Å². The number of hydrogen-bond acceptors (Lipinski definition) is 1. The third kappa shape index (κ3) is 8.05. The van der Waals surface area contributed by atoms with Gasteiger partial charge < -0.3 is 5.32 Å². The number of hydrogen-bond donors (Lipinski definition) is 1. The van der Waals surface area contributed by atoms with E-state index >= 15 is 0 Å². The quantitative estimate of drug-likeness (QED) is 0.483. The molecule has 1 unspecified atom stereocenters.